The third kappa shape index (κ3) is 39.2. The van der Waals surface area contributed by atoms with E-state index in [4.69, 9.17) is 10.2 Å². The van der Waals surface area contributed by atoms with Crippen molar-refractivity contribution in [3.63, 3.8) is 0 Å². The molecule has 0 aromatic heterocycles. The van der Waals surface area contributed by atoms with Gasteiger partial charge in [0.15, 0.2) is 0 Å². The van der Waals surface area contributed by atoms with Crippen LogP contribution in [0.15, 0.2) is 24.3 Å². The maximum absolute atomic E-state index is 10.6. The topological polar surface area (TPSA) is 127 Å². The number of hydrogen-bond acceptors (Lipinski definition) is 6. The molecule has 178 valence electrons. The third-order valence-electron chi connectivity index (χ3n) is 2.84. The normalized spacial score (nSPS) is 10.3. The standard InChI is InChI=1S/2C7H10O4.2C4H9.Sn/c2*1-5(2)11-7(10)4-3-6(8)9;2*1-3-4-2;/h2*3-5H,1-2H3,(H,8,9);2*1,3-4H2,2H3;/b2*4-3-;;;. The zero-order valence-electron chi connectivity index (χ0n) is 19.6. The summed E-state index contributed by atoms with van der Waals surface area (Å²) in [5.41, 5.74) is 0. The van der Waals surface area contributed by atoms with E-state index < -0.39 is 23.9 Å². The average molecular weight is 549 g/mol. The molecule has 0 heterocycles. The molecule has 0 fully saturated rings. The molecular weight excluding hydrogens is 511 g/mol. The van der Waals surface area contributed by atoms with Crippen LogP contribution in [0, 0.1) is 0 Å². The van der Waals surface area contributed by atoms with Crippen LogP contribution < -0.4 is 0 Å². The predicted molar refractivity (Wildman–Crippen MR) is 121 cm³/mol. The van der Waals surface area contributed by atoms with Crippen LogP contribution in [0.4, 0.5) is 0 Å². The van der Waals surface area contributed by atoms with Gasteiger partial charge in [0.05, 0.1) is 12.2 Å². The molecule has 0 aliphatic rings. The first-order valence-corrected chi connectivity index (χ1v) is 14.4. The van der Waals surface area contributed by atoms with Crippen LogP contribution in [0.5, 0.6) is 0 Å². The summed E-state index contributed by atoms with van der Waals surface area (Å²) in [5.74, 6) is -3.60. The molecule has 0 saturated carbocycles. The Kier molecular flexibility index (Phi) is 26.6. The molecule has 0 spiro atoms. The fourth-order valence-corrected chi connectivity index (χ4v) is 5.71. The van der Waals surface area contributed by atoms with Gasteiger partial charge in [0.1, 0.15) is 0 Å². The van der Waals surface area contributed by atoms with Crippen LogP contribution in [0.25, 0.3) is 0 Å². The molecule has 0 saturated heterocycles. The second-order valence-electron chi connectivity index (χ2n) is 6.77. The van der Waals surface area contributed by atoms with Crippen molar-refractivity contribution < 1.29 is 38.9 Å². The molecule has 0 unspecified atom stereocenters. The second-order valence-corrected chi connectivity index (χ2v) is 11.1. The summed E-state index contributed by atoms with van der Waals surface area (Å²) >= 11 is 0.149. The first-order valence-electron chi connectivity index (χ1n) is 10.4. The van der Waals surface area contributed by atoms with E-state index >= 15 is 0 Å². The number of unbranched alkanes of at least 4 members (excludes halogenated alkanes) is 2. The Hall–Kier alpha value is -1.84. The van der Waals surface area contributed by atoms with Crippen molar-refractivity contribution in [3.8, 4) is 0 Å². The minimum absolute atomic E-state index is 0.149. The van der Waals surface area contributed by atoms with Crippen LogP contribution in [0.2, 0.25) is 8.87 Å². The number of carbonyl (C=O) groups is 4. The third-order valence-corrected chi connectivity index (χ3v) is 6.88. The predicted octanol–water partition coefficient (Wildman–Crippen LogP) is 4.29. The molecule has 0 aliphatic heterocycles. The van der Waals surface area contributed by atoms with Gasteiger partial charge >= 0.3 is 93.4 Å². The maximum atomic E-state index is 10.6. The first-order chi connectivity index (χ1) is 14.5. The second kappa shape index (κ2) is 24.4. The Morgan fingerprint density at radius 3 is 1.26 bits per heavy atom. The molecule has 31 heavy (non-hydrogen) atoms. The van der Waals surface area contributed by atoms with Crippen molar-refractivity contribution in [2.24, 2.45) is 0 Å². The van der Waals surface area contributed by atoms with E-state index in [1.165, 1.54) is 25.7 Å². The van der Waals surface area contributed by atoms with Gasteiger partial charge < -0.3 is 19.7 Å². The van der Waals surface area contributed by atoms with Crippen LogP contribution in [0.1, 0.15) is 67.2 Å². The van der Waals surface area contributed by atoms with Crippen molar-refractivity contribution in [1.29, 1.82) is 0 Å². The van der Waals surface area contributed by atoms with Crippen LogP contribution in [-0.2, 0) is 28.7 Å². The molecule has 2 N–H and O–H groups in total. The summed E-state index contributed by atoms with van der Waals surface area (Å²) in [6, 6.07) is 0. The van der Waals surface area contributed by atoms with Gasteiger partial charge in [-0.25, -0.2) is 19.2 Å². The number of rotatable bonds is 12. The summed E-state index contributed by atoms with van der Waals surface area (Å²) in [6.45, 7) is 11.3. The Balaban J connectivity index is -0.000000382. The summed E-state index contributed by atoms with van der Waals surface area (Å²) in [7, 11) is 0. The molecule has 0 aromatic rings. The number of carboxylic acid groups (broad SMARTS) is 2. The monoisotopic (exact) mass is 550 g/mol. The number of hydrogen-bond donors (Lipinski definition) is 2. The van der Waals surface area contributed by atoms with E-state index in [2.05, 4.69) is 23.3 Å². The number of ether oxygens (including phenoxy) is 2. The molecular formula is C22H38O8Sn. The van der Waals surface area contributed by atoms with Gasteiger partial charge in [-0.1, -0.05) is 0 Å². The van der Waals surface area contributed by atoms with E-state index in [0.717, 1.165) is 24.3 Å². The summed E-state index contributed by atoms with van der Waals surface area (Å²) in [4.78, 5) is 41.0. The summed E-state index contributed by atoms with van der Waals surface area (Å²) in [5, 5.41) is 16.2. The molecule has 0 bridgehead atoms. The Bertz CT molecular complexity index is 506. The molecule has 2 radical (unpaired) electrons. The molecule has 0 aromatic carbocycles. The molecule has 0 rings (SSSR count). The van der Waals surface area contributed by atoms with Gasteiger partial charge in [-0.2, -0.15) is 0 Å². The first kappa shape index (κ1) is 33.8. The summed E-state index contributed by atoms with van der Waals surface area (Å²) in [6.07, 6.45) is 8.63. The van der Waals surface area contributed by atoms with Crippen LogP contribution in [0.3, 0.4) is 0 Å². The molecule has 0 amide bonds. The Morgan fingerprint density at radius 1 is 0.710 bits per heavy atom. The van der Waals surface area contributed by atoms with Crippen LogP contribution in [-0.4, -0.2) is 67.4 Å². The van der Waals surface area contributed by atoms with Gasteiger partial charge in [-0.3, -0.25) is 0 Å². The van der Waals surface area contributed by atoms with E-state index in [-0.39, 0.29) is 33.4 Å². The minimum atomic E-state index is -1.16. The Labute approximate surface area is 196 Å². The van der Waals surface area contributed by atoms with Gasteiger partial charge in [-0.05, 0) is 27.7 Å². The van der Waals surface area contributed by atoms with Crippen molar-refractivity contribution in [2.45, 2.75) is 88.3 Å². The molecule has 8 nitrogen and oxygen atoms in total. The van der Waals surface area contributed by atoms with Crippen molar-refractivity contribution >= 4 is 45.0 Å². The van der Waals surface area contributed by atoms with Gasteiger partial charge in [0.2, 0.25) is 0 Å². The zero-order valence-corrected chi connectivity index (χ0v) is 22.4. The van der Waals surface area contributed by atoms with Gasteiger partial charge in [0, 0.05) is 24.3 Å². The zero-order chi connectivity index (χ0) is 24.7. The van der Waals surface area contributed by atoms with Crippen molar-refractivity contribution in [2.75, 3.05) is 0 Å². The summed E-state index contributed by atoms with van der Waals surface area (Å²) < 4.78 is 12.5. The fourth-order valence-electron chi connectivity index (χ4n) is 1.55. The number of esters is 2. The van der Waals surface area contributed by atoms with E-state index in [1.54, 1.807) is 36.6 Å². The van der Waals surface area contributed by atoms with Crippen LogP contribution >= 0.6 is 0 Å². The van der Waals surface area contributed by atoms with Gasteiger partial charge in [-0.15, -0.1) is 0 Å². The SMILES string of the molecule is CC(C)OC(=O)/C=C\C(=O)O.CC(C)OC(=O)/C=C\C(=O)O.CCC[CH2][Sn][CH2]CCC. The number of carboxylic acids is 2. The molecule has 0 atom stereocenters. The average Bonchev–Trinajstić information content (AvgIpc) is 2.65. The van der Waals surface area contributed by atoms with Crippen molar-refractivity contribution in [3.05, 3.63) is 24.3 Å². The fraction of sp³-hybridized carbons (Fsp3) is 0.636. The number of aliphatic carboxylic acids is 2. The van der Waals surface area contributed by atoms with Gasteiger partial charge in [0.25, 0.3) is 0 Å². The van der Waals surface area contributed by atoms with E-state index in [9.17, 15) is 19.2 Å². The van der Waals surface area contributed by atoms with E-state index in [0.29, 0.717) is 0 Å². The molecule has 0 aliphatic carbocycles. The quantitative estimate of drug-likeness (QED) is 0.160. The van der Waals surface area contributed by atoms with Crippen molar-refractivity contribution in [1.82, 2.24) is 0 Å². The van der Waals surface area contributed by atoms with E-state index in [1.807, 2.05) is 0 Å². The molecule has 9 heteroatoms. The Morgan fingerprint density at radius 2 is 1.03 bits per heavy atom. The number of carbonyl (C=O) groups excluding carboxylic acids is 2.